The highest BCUT2D eigenvalue weighted by atomic mass is 14.8. The van der Waals surface area contributed by atoms with Gasteiger partial charge in [-0.1, -0.05) is 0 Å². The van der Waals surface area contributed by atoms with Gasteiger partial charge in [-0.2, -0.15) is 0 Å². The molecule has 1 N–H and O–H groups in total. The standard InChI is InChI=1S/C7H14N2/c1-5(2)9-7(4)6(3)8/h5,8H,1-4H3. The first-order valence-corrected chi connectivity index (χ1v) is 3.14. The number of hydrogen-bond acceptors (Lipinski definition) is 2. The van der Waals surface area contributed by atoms with Crippen molar-refractivity contribution >= 4 is 11.4 Å². The minimum Gasteiger partial charge on any atom is -0.304 e. The van der Waals surface area contributed by atoms with Crippen LogP contribution in [0, 0.1) is 5.41 Å². The summed E-state index contributed by atoms with van der Waals surface area (Å²) in [6.07, 6.45) is 0. The zero-order valence-electron chi connectivity index (χ0n) is 6.52. The predicted molar refractivity (Wildman–Crippen MR) is 41.6 cm³/mol. The summed E-state index contributed by atoms with van der Waals surface area (Å²) in [6, 6.07) is 0.310. The van der Waals surface area contributed by atoms with Crippen LogP contribution in [-0.2, 0) is 0 Å². The summed E-state index contributed by atoms with van der Waals surface area (Å²) in [5.41, 5.74) is 1.40. The van der Waals surface area contributed by atoms with Gasteiger partial charge in [0.1, 0.15) is 0 Å². The van der Waals surface area contributed by atoms with Crippen molar-refractivity contribution in [2.24, 2.45) is 4.99 Å². The first-order valence-electron chi connectivity index (χ1n) is 3.14. The Kier molecular flexibility index (Phi) is 3.13. The monoisotopic (exact) mass is 126 g/mol. The average molecular weight is 126 g/mol. The largest absolute Gasteiger partial charge is 0.304 e. The molecule has 0 rings (SSSR count). The van der Waals surface area contributed by atoms with Crippen LogP contribution < -0.4 is 0 Å². The van der Waals surface area contributed by atoms with Crippen molar-refractivity contribution in [2.45, 2.75) is 33.7 Å². The van der Waals surface area contributed by atoms with Gasteiger partial charge in [0.15, 0.2) is 0 Å². The first-order chi connectivity index (χ1) is 4.04. The van der Waals surface area contributed by atoms with Gasteiger partial charge in [-0.15, -0.1) is 0 Å². The lowest BCUT2D eigenvalue weighted by molar-refractivity contribution is 0.837. The molecule has 0 aliphatic carbocycles. The highest BCUT2D eigenvalue weighted by Gasteiger charge is 1.93. The minimum atomic E-state index is 0.310. The molecule has 9 heavy (non-hydrogen) atoms. The van der Waals surface area contributed by atoms with Gasteiger partial charge >= 0.3 is 0 Å². The van der Waals surface area contributed by atoms with E-state index in [4.69, 9.17) is 5.41 Å². The smallest absolute Gasteiger partial charge is 0.0525 e. The molecular weight excluding hydrogens is 112 g/mol. The van der Waals surface area contributed by atoms with Crippen LogP contribution in [0.15, 0.2) is 4.99 Å². The van der Waals surface area contributed by atoms with Crippen molar-refractivity contribution in [1.82, 2.24) is 0 Å². The van der Waals surface area contributed by atoms with Gasteiger partial charge in [-0.05, 0) is 27.7 Å². The Morgan fingerprint density at radius 2 is 1.78 bits per heavy atom. The Labute approximate surface area is 56.5 Å². The molecule has 0 radical (unpaired) electrons. The van der Waals surface area contributed by atoms with Gasteiger partial charge in [0.05, 0.1) is 5.71 Å². The molecule has 0 amide bonds. The quantitative estimate of drug-likeness (QED) is 0.548. The highest BCUT2D eigenvalue weighted by Crippen LogP contribution is 1.88. The normalized spacial score (nSPS) is 12.3. The van der Waals surface area contributed by atoms with E-state index in [1.165, 1.54) is 0 Å². The molecule has 0 saturated heterocycles. The summed E-state index contributed by atoms with van der Waals surface area (Å²) >= 11 is 0. The molecule has 0 heterocycles. The third-order valence-corrected chi connectivity index (χ3v) is 0.995. The second kappa shape index (κ2) is 3.38. The lowest BCUT2D eigenvalue weighted by Gasteiger charge is -1.98. The zero-order chi connectivity index (χ0) is 7.44. The molecule has 2 heteroatoms. The van der Waals surface area contributed by atoms with E-state index < -0.39 is 0 Å². The molecule has 0 bridgehead atoms. The van der Waals surface area contributed by atoms with Gasteiger partial charge in [0.2, 0.25) is 0 Å². The van der Waals surface area contributed by atoms with Crippen LogP contribution >= 0.6 is 0 Å². The van der Waals surface area contributed by atoms with E-state index in [0.717, 1.165) is 5.71 Å². The van der Waals surface area contributed by atoms with Crippen LogP contribution in [0.3, 0.4) is 0 Å². The molecular formula is C7H14N2. The number of nitrogens with one attached hydrogen (secondary N) is 1. The SMILES string of the molecule is CC(=N)C(C)=NC(C)C. The number of rotatable bonds is 2. The van der Waals surface area contributed by atoms with Crippen molar-refractivity contribution in [3.05, 3.63) is 0 Å². The van der Waals surface area contributed by atoms with Crippen molar-refractivity contribution < 1.29 is 0 Å². The number of hydrogen-bond donors (Lipinski definition) is 1. The lowest BCUT2D eigenvalue weighted by Crippen LogP contribution is -2.06. The maximum absolute atomic E-state index is 7.16. The van der Waals surface area contributed by atoms with E-state index in [1.54, 1.807) is 6.92 Å². The van der Waals surface area contributed by atoms with Crippen molar-refractivity contribution in [1.29, 1.82) is 5.41 Å². The van der Waals surface area contributed by atoms with E-state index in [-0.39, 0.29) is 0 Å². The molecule has 0 atom stereocenters. The van der Waals surface area contributed by atoms with Crippen LogP contribution in [0.2, 0.25) is 0 Å². The number of aliphatic imine (C=N–C) groups is 1. The molecule has 0 unspecified atom stereocenters. The zero-order valence-corrected chi connectivity index (χ0v) is 6.52. The molecule has 2 nitrogen and oxygen atoms in total. The summed E-state index contributed by atoms with van der Waals surface area (Å²) in [7, 11) is 0. The van der Waals surface area contributed by atoms with Gasteiger partial charge in [-0.25, -0.2) is 0 Å². The second-order valence-corrected chi connectivity index (χ2v) is 2.43. The van der Waals surface area contributed by atoms with E-state index in [1.807, 2.05) is 20.8 Å². The van der Waals surface area contributed by atoms with E-state index in [9.17, 15) is 0 Å². The Bertz CT molecular complexity index is 134. The van der Waals surface area contributed by atoms with Crippen LogP contribution in [0.25, 0.3) is 0 Å². The Balaban J connectivity index is 4.00. The van der Waals surface area contributed by atoms with Gasteiger partial charge in [0, 0.05) is 11.8 Å². The Hall–Kier alpha value is -0.660. The summed E-state index contributed by atoms with van der Waals surface area (Å²) in [5.74, 6) is 0. The third-order valence-electron chi connectivity index (χ3n) is 0.995. The van der Waals surface area contributed by atoms with Crippen LogP contribution in [-0.4, -0.2) is 17.5 Å². The van der Waals surface area contributed by atoms with Crippen LogP contribution in [0.5, 0.6) is 0 Å². The molecule has 0 aromatic carbocycles. The fourth-order valence-electron chi connectivity index (χ4n) is 0.484. The lowest BCUT2D eigenvalue weighted by atomic mass is 10.3. The fraction of sp³-hybridized carbons (Fsp3) is 0.714. The molecule has 0 aromatic heterocycles. The fourth-order valence-corrected chi connectivity index (χ4v) is 0.484. The minimum absolute atomic E-state index is 0.310. The van der Waals surface area contributed by atoms with Crippen molar-refractivity contribution in [3.63, 3.8) is 0 Å². The second-order valence-electron chi connectivity index (χ2n) is 2.43. The van der Waals surface area contributed by atoms with Gasteiger partial charge in [0.25, 0.3) is 0 Å². The summed E-state index contributed by atoms with van der Waals surface area (Å²) < 4.78 is 0. The Morgan fingerprint density at radius 3 is 1.89 bits per heavy atom. The van der Waals surface area contributed by atoms with Gasteiger partial charge < -0.3 is 5.41 Å². The van der Waals surface area contributed by atoms with Crippen molar-refractivity contribution in [2.75, 3.05) is 0 Å². The predicted octanol–water partition coefficient (Wildman–Crippen LogP) is 1.90. The molecule has 52 valence electrons. The number of nitrogens with zero attached hydrogens (tertiary/aromatic N) is 1. The third kappa shape index (κ3) is 3.88. The Morgan fingerprint density at radius 1 is 1.33 bits per heavy atom. The summed E-state index contributed by atoms with van der Waals surface area (Å²) in [5, 5.41) is 7.16. The molecule has 0 aliphatic rings. The van der Waals surface area contributed by atoms with E-state index in [0.29, 0.717) is 11.8 Å². The summed E-state index contributed by atoms with van der Waals surface area (Å²) in [6.45, 7) is 7.63. The van der Waals surface area contributed by atoms with Crippen LogP contribution in [0.4, 0.5) is 0 Å². The molecule has 0 aromatic rings. The van der Waals surface area contributed by atoms with Crippen molar-refractivity contribution in [3.8, 4) is 0 Å². The van der Waals surface area contributed by atoms with E-state index in [2.05, 4.69) is 4.99 Å². The van der Waals surface area contributed by atoms with Gasteiger partial charge in [-0.3, -0.25) is 4.99 Å². The maximum Gasteiger partial charge on any atom is 0.0525 e. The highest BCUT2D eigenvalue weighted by molar-refractivity contribution is 6.39. The first kappa shape index (κ1) is 8.34. The summed E-state index contributed by atoms with van der Waals surface area (Å²) in [4.78, 5) is 4.17. The topological polar surface area (TPSA) is 36.2 Å². The van der Waals surface area contributed by atoms with E-state index >= 15 is 0 Å². The molecule has 0 fully saturated rings. The average Bonchev–Trinajstić information content (AvgIpc) is 1.63. The molecule has 0 aliphatic heterocycles. The van der Waals surface area contributed by atoms with Crippen LogP contribution in [0.1, 0.15) is 27.7 Å². The molecule has 0 saturated carbocycles. The maximum atomic E-state index is 7.16. The molecule has 0 spiro atoms.